The van der Waals surface area contributed by atoms with Crippen molar-refractivity contribution >= 4 is 16.9 Å². The van der Waals surface area contributed by atoms with Crippen molar-refractivity contribution in [2.45, 2.75) is 32.2 Å². The predicted octanol–water partition coefficient (Wildman–Crippen LogP) is 2.38. The third kappa shape index (κ3) is 1.99. The third-order valence-corrected chi connectivity index (χ3v) is 3.47. The molecular weight excluding hydrogens is 228 g/mol. The lowest BCUT2D eigenvalue weighted by Gasteiger charge is -2.19. The Morgan fingerprint density at radius 3 is 2.72 bits per heavy atom. The molecule has 1 aromatic carbocycles. The summed E-state index contributed by atoms with van der Waals surface area (Å²) in [5, 5.41) is 10.2. The zero-order valence-electron chi connectivity index (χ0n) is 10.6. The van der Waals surface area contributed by atoms with Crippen molar-refractivity contribution < 1.29 is 9.90 Å². The van der Waals surface area contributed by atoms with E-state index in [4.69, 9.17) is 10.8 Å². The predicted molar refractivity (Wildman–Crippen MR) is 71.7 cm³/mol. The summed E-state index contributed by atoms with van der Waals surface area (Å²) in [5.74, 6) is -1.12. The maximum Gasteiger partial charge on any atom is 0.321 e. The minimum Gasteiger partial charge on any atom is -0.480 e. The van der Waals surface area contributed by atoms with Gasteiger partial charge in [-0.05, 0) is 25.0 Å². The second-order valence-corrected chi connectivity index (χ2v) is 4.59. The number of rotatable bonds is 4. The highest BCUT2D eigenvalue weighted by Gasteiger charge is 2.27. The number of carboxylic acids is 1. The van der Waals surface area contributed by atoms with E-state index in [-0.39, 0.29) is 5.92 Å². The Morgan fingerprint density at radius 1 is 1.44 bits per heavy atom. The summed E-state index contributed by atoms with van der Waals surface area (Å²) in [4.78, 5) is 14.4. The van der Waals surface area contributed by atoms with Crippen LogP contribution in [0.4, 0.5) is 0 Å². The quantitative estimate of drug-likeness (QED) is 0.775. The number of nitrogens with two attached hydrogens (primary N) is 1. The van der Waals surface area contributed by atoms with E-state index >= 15 is 0 Å². The van der Waals surface area contributed by atoms with Crippen molar-refractivity contribution in [3.05, 3.63) is 35.5 Å². The largest absolute Gasteiger partial charge is 0.480 e. The molecule has 1 unspecified atom stereocenters. The minimum atomic E-state index is -0.952. The minimum absolute atomic E-state index is 0.168. The molecule has 4 heteroatoms. The molecule has 2 aromatic rings. The van der Waals surface area contributed by atoms with Crippen LogP contribution in [-0.4, -0.2) is 22.1 Å². The average Bonchev–Trinajstić information content (AvgIpc) is 2.67. The number of hydrogen-bond donors (Lipinski definition) is 3. The van der Waals surface area contributed by atoms with Crippen molar-refractivity contribution in [3.63, 3.8) is 0 Å². The fourth-order valence-corrected chi connectivity index (χ4v) is 2.59. The Bertz CT molecular complexity index is 574. The molecule has 0 aliphatic rings. The molecule has 0 fully saturated rings. The Balaban J connectivity index is 2.57. The molecule has 2 atom stereocenters. The van der Waals surface area contributed by atoms with Gasteiger partial charge in [-0.25, -0.2) is 0 Å². The first-order valence-corrected chi connectivity index (χ1v) is 6.11. The first-order chi connectivity index (χ1) is 8.56. The molecule has 4 nitrogen and oxygen atoms in total. The number of para-hydroxylation sites is 1. The van der Waals surface area contributed by atoms with E-state index < -0.39 is 12.0 Å². The van der Waals surface area contributed by atoms with Gasteiger partial charge in [0, 0.05) is 22.5 Å². The van der Waals surface area contributed by atoms with Gasteiger partial charge >= 0.3 is 5.97 Å². The number of fused-ring (bicyclic) bond motifs is 1. The maximum atomic E-state index is 11.1. The highest BCUT2D eigenvalue weighted by Crippen LogP contribution is 2.32. The van der Waals surface area contributed by atoms with E-state index in [1.54, 1.807) is 0 Å². The number of aromatic nitrogens is 1. The molecule has 0 spiro atoms. The zero-order chi connectivity index (χ0) is 13.3. The second-order valence-electron chi connectivity index (χ2n) is 4.59. The molecule has 18 heavy (non-hydrogen) atoms. The molecule has 0 amide bonds. The van der Waals surface area contributed by atoms with E-state index in [2.05, 4.69) is 4.98 Å². The molecule has 1 heterocycles. The van der Waals surface area contributed by atoms with Gasteiger partial charge in [-0.3, -0.25) is 4.79 Å². The van der Waals surface area contributed by atoms with Crippen LogP contribution in [-0.2, 0) is 4.79 Å². The number of benzene rings is 1. The van der Waals surface area contributed by atoms with Gasteiger partial charge in [0.05, 0.1) is 0 Å². The number of aryl methyl sites for hydroxylation is 1. The van der Waals surface area contributed by atoms with Gasteiger partial charge in [0.15, 0.2) is 0 Å². The van der Waals surface area contributed by atoms with E-state index in [9.17, 15) is 4.79 Å². The van der Waals surface area contributed by atoms with Crippen LogP contribution in [0.3, 0.4) is 0 Å². The Labute approximate surface area is 106 Å². The average molecular weight is 246 g/mol. The van der Waals surface area contributed by atoms with Gasteiger partial charge in [-0.1, -0.05) is 25.1 Å². The van der Waals surface area contributed by atoms with Gasteiger partial charge in [-0.2, -0.15) is 0 Å². The van der Waals surface area contributed by atoms with Crippen LogP contribution in [0.25, 0.3) is 10.9 Å². The van der Waals surface area contributed by atoms with Crippen LogP contribution in [0.5, 0.6) is 0 Å². The first-order valence-electron chi connectivity index (χ1n) is 6.11. The van der Waals surface area contributed by atoms with Crippen LogP contribution < -0.4 is 5.73 Å². The van der Waals surface area contributed by atoms with Gasteiger partial charge in [0.25, 0.3) is 0 Å². The molecule has 1 aromatic heterocycles. The fourth-order valence-electron chi connectivity index (χ4n) is 2.59. The number of aromatic amines is 1. The molecule has 96 valence electrons. The fraction of sp³-hybridized carbons (Fsp3) is 0.357. The van der Waals surface area contributed by atoms with Crippen molar-refractivity contribution in [1.82, 2.24) is 4.98 Å². The van der Waals surface area contributed by atoms with Crippen molar-refractivity contribution in [2.24, 2.45) is 5.73 Å². The summed E-state index contributed by atoms with van der Waals surface area (Å²) in [5.41, 5.74) is 8.87. The Hall–Kier alpha value is -1.81. The number of carboxylic acid groups (broad SMARTS) is 1. The van der Waals surface area contributed by atoms with Crippen molar-refractivity contribution in [1.29, 1.82) is 0 Å². The van der Waals surface area contributed by atoms with E-state index in [0.29, 0.717) is 6.42 Å². The van der Waals surface area contributed by atoms with Crippen LogP contribution in [0.2, 0.25) is 0 Å². The number of hydrogen-bond acceptors (Lipinski definition) is 2. The summed E-state index contributed by atoms with van der Waals surface area (Å²) in [6, 6.07) is 7.04. The topological polar surface area (TPSA) is 79.1 Å². The number of carbonyl (C=O) groups is 1. The zero-order valence-corrected chi connectivity index (χ0v) is 10.6. The summed E-state index contributed by atoms with van der Waals surface area (Å²) in [6.45, 7) is 3.93. The molecule has 0 radical (unpaired) electrons. The number of nitrogens with one attached hydrogen (secondary N) is 1. The molecule has 0 saturated carbocycles. The lowest BCUT2D eigenvalue weighted by molar-refractivity contribution is -0.139. The van der Waals surface area contributed by atoms with Crippen LogP contribution in [0, 0.1) is 6.92 Å². The highest BCUT2D eigenvalue weighted by atomic mass is 16.4. The van der Waals surface area contributed by atoms with E-state index in [1.165, 1.54) is 0 Å². The van der Waals surface area contributed by atoms with Gasteiger partial charge < -0.3 is 15.8 Å². The number of aliphatic carboxylic acids is 1. The normalized spacial score (nSPS) is 14.6. The van der Waals surface area contributed by atoms with Crippen molar-refractivity contribution in [3.8, 4) is 0 Å². The van der Waals surface area contributed by atoms with Crippen LogP contribution >= 0.6 is 0 Å². The number of H-pyrrole nitrogens is 1. The third-order valence-electron chi connectivity index (χ3n) is 3.47. The van der Waals surface area contributed by atoms with Crippen molar-refractivity contribution in [2.75, 3.05) is 0 Å². The molecule has 0 bridgehead atoms. The van der Waals surface area contributed by atoms with Crippen LogP contribution in [0.1, 0.15) is 30.5 Å². The second kappa shape index (κ2) is 4.82. The Kier molecular flexibility index (Phi) is 3.39. The van der Waals surface area contributed by atoms with Gasteiger partial charge in [0.1, 0.15) is 6.04 Å². The molecule has 0 aliphatic heterocycles. The lowest BCUT2D eigenvalue weighted by atomic mass is 9.87. The smallest absolute Gasteiger partial charge is 0.321 e. The SMILES string of the molecule is CCC(c1c(C)[nH]c2ccccc12)[C@H](N)C(=O)O. The maximum absolute atomic E-state index is 11.1. The van der Waals surface area contributed by atoms with E-state index in [1.807, 2.05) is 38.1 Å². The van der Waals surface area contributed by atoms with E-state index in [0.717, 1.165) is 22.2 Å². The molecule has 0 aliphatic carbocycles. The summed E-state index contributed by atoms with van der Waals surface area (Å²) < 4.78 is 0. The van der Waals surface area contributed by atoms with Gasteiger partial charge in [0.2, 0.25) is 0 Å². The summed E-state index contributed by atoms with van der Waals surface area (Å²) in [6.07, 6.45) is 0.705. The molecular formula is C14H18N2O2. The monoisotopic (exact) mass is 246 g/mol. The molecule has 0 saturated heterocycles. The first kappa shape index (κ1) is 12.6. The summed E-state index contributed by atoms with van der Waals surface area (Å²) >= 11 is 0. The summed E-state index contributed by atoms with van der Waals surface area (Å²) in [7, 11) is 0. The lowest BCUT2D eigenvalue weighted by Crippen LogP contribution is -2.36. The molecule has 2 rings (SSSR count). The van der Waals surface area contributed by atoms with Crippen LogP contribution in [0.15, 0.2) is 24.3 Å². The standard InChI is InChI=1S/C14H18N2O2/c1-3-9(13(15)14(17)18)12-8(2)16-11-7-5-4-6-10(11)12/h4-7,9,13,16H,3,15H2,1-2H3,(H,17,18)/t9?,13-/m0/s1. The highest BCUT2D eigenvalue weighted by molar-refractivity contribution is 5.86. The van der Waals surface area contributed by atoms with Gasteiger partial charge in [-0.15, -0.1) is 0 Å². The molecule has 4 N–H and O–H groups in total. The Morgan fingerprint density at radius 2 is 2.11 bits per heavy atom.